The molecule has 1 aromatic rings. The van der Waals surface area contributed by atoms with E-state index in [0.29, 0.717) is 0 Å². The van der Waals surface area contributed by atoms with Crippen LogP contribution in [0.4, 0.5) is 0 Å². The van der Waals surface area contributed by atoms with Crippen molar-refractivity contribution in [2.75, 3.05) is 0 Å². The largest absolute Gasteiger partial charge is 0.315 e. The van der Waals surface area contributed by atoms with Crippen LogP contribution >= 0.6 is 0 Å². The molecule has 10 heavy (non-hydrogen) atoms. The summed E-state index contributed by atoms with van der Waals surface area (Å²) in [5, 5.41) is 13.5. The van der Waals surface area contributed by atoms with Crippen LogP contribution in [0.5, 0.6) is 0 Å². The van der Waals surface area contributed by atoms with Gasteiger partial charge in [-0.15, -0.1) is 0 Å². The normalized spacial score (nSPS) is 10.7. The van der Waals surface area contributed by atoms with Crippen LogP contribution in [0.1, 0.15) is 26.6 Å². The smallest absolute Gasteiger partial charge is 0.0375 e. The van der Waals surface area contributed by atoms with Crippen LogP contribution in [0.25, 0.3) is 0 Å². The molecule has 1 aromatic heterocycles. The van der Waals surface area contributed by atoms with Crippen molar-refractivity contribution in [3.63, 3.8) is 0 Å². The number of H-pyrrole nitrogens is 1. The molecule has 1 rings (SSSR count). The zero-order valence-electron chi connectivity index (χ0n) is 6.22. The number of nitrogens with one attached hydrogen (secondary N) is 1. The van der Waals surface area contributed by atoms with Crippen molar-refractivity contribution in [3.8, 4) is 0 Å². The summed E-state index contributed by atoms with van der Waals surface area (Å²) in [6.45, 7) is 6.12. The topological polar surface area (TPSA) is 54.0 Å². The van der Waals surface area contributed by atoms with E-state index in [4.69, 9.17) is 0 Å². The molecule has 0 aliphatic heterocycles. The first-order chi connectivity index (χ1) is 4.11. The fraction of sp³-hybridized carbons (Fsp3) is 0.800. The van der Waals surface area contributed by atoms with Gasteiger partial charge in [-0.05, 0) is 5.41 Å². The van der Waals surface area contributed by atoms with E-state index in [2.05, 4.69) is 20.6 Å². The minimum atomic E-state index is 0. The number of nitrogens with zero attached hydrogens (tertiary/aromatic N) is 3. The SMILES string of the molecule is CC(C)(C)c1nn[nH+][n-]1.[Re]. The molecule has 0 saturated heterocycles. The first-order valence-electron chi connectivity index (χ1n) is 2.84. The van der Waals surface area contributed by atoms with E-state index in [9.17, 15) is 0 Å². The Morgan fingerprint density at radius 1 is 1.40 bits per heavy atom. The van der Waals surface area contributed by atoms with Gasteiger partial charge in [-0.2, -0.15) is 5.21 Å². The molecule has 4 nitrogen and oxygen atoms in total. The van der Waals surface area contributed by atoms with Gasteiger partial charge in [-0.25, -0.2) is 10.3 Å². The molecule has 1 heterocycles. The molecule has 0 amide bonds. The van der Waals surface area contributed by atoms with E-state index in [1.165, 1.54) is 0 Å². The van der Waals surface area contributed by atoms with E-state index in [0.717, 1.165) is 5.82 Å². The molecule has 0 bridgehead atoms. The van der Waals surface area contributed by atoms with Gasteiger partial charge in [-0.3, -0.25) is 0 Å². The number of tetrazole rings is 1. The summed E-state index contributed by atoms with van der Waals surface area (Å²) < 4.78 is 0. The Morgan fingerprint density at radius 3 is 2.20 bits per heavy atom. The number of rotatable bonds is 0. The van der Waals surface area contributed by atoms with Crippen molar-refractivity contribution >= 4 is 0 Å². The zero-order valence-corrected chi connectivity index (χ0v) is 8.94. The monoisotopic (exact) mass is 313 g/mol. The minimum Gasteiger partial charge on any atom is -0.315 e. The van der Waals surface area contributed by atoms with Gasteiger partial charge in [0.05, 0.1) is 0 Å². The fourth-order valence-electron chi connectivity index (χ4n) is 0.480. The Labute approximate surface area is 73.4 Å². The Morgan fingerprint density at radius 2 is 2.00 bits per heavy atom. The molecule has 0 unspecified atom stereocenters. The van der Waals surface area contributed by atoms with Gasteiger partial charge in [0.25, 0.3) is 0 Å². The second kappa shape index (κ2) is 3.22. The molecule has 0 spiro atoms. The molecule has 0 aromatic carbocycles. The maximum absolute atomic E-state index is 3.84. The Balaban J connectivity index is 0.000000810. The number of hydrogen-bond donors (Lipinski definition) is 0. The minimum absolute atomic E-state index is 0. The van der Waals surface area contributed by atoms with Gasteiger partial charge in [0.2, 0.25) is 0 Å². The number of aromatic nitrogens is 4. The maximum Gasteiger partial charge on any atom is 0.0375 e. The van der Waals surface area contributed by atoms with Crippen molar-refractivity contribution < 1.29 is 25.6 Å². The van der Waals surface area contributed by atoms with Gasteiger partial charge in [0.15, 0.2) is 0 Å². The van der Waals surface area contributed by atoms with E-state index in [1.54, 1.807) is 0 Å². The van der Waals surface area contributed by atoms with Crippen LogP contribution in [-0.2, 0) is 25.8 Å². The molecule has 0 atom stereocenters. The summed E-state index contributed by atoms with van der Waals surface area (Å²) >= 11 is 0. The van der Waals surface area contributed by atoms with E-state index >= 15 is 0 Å². The van der Waals surface area contributed by atoms with Gasteiger partial charge in [0, 0.05) is 26.2 Å². The van der Waals surface area contributed by atoms with E-state index in [1.807, 2.05) is 20.8 Å². The second-order valence-electron chi connectivity index (χ2n) is 2.99. The molecular formula is C5H10N4Re. The van der Waals surface area contributed by atoms with E-state index in [-0.39, 0.29) is 25.8 Å². The molecule has 1 N–H and O–H groups in total. The first kappa shape index (κ1) is 9.73. The van der Waals surface area contributed by atoms with Gasteiger partial charge < -0.3 is 5.10 Å². The first-order valence-corrected chi connectivity index (χ1v) is 2.84. The van der Waals surface area contributed by atoms with Gasteiger partial charge >= 0.3 is 0 Å². The molecular weight excluding hydrogens is 302 g/mol. The van der Waals surface area contributed by atoms with Crippen molar-refractivity contribution in [2.45, 2.75) is 26.2 Å². The van der Waals surface area contributed by atoms with Gasteiger partial charge in [-0.1, -0.05) is 20.8 Å². The molecule has 57 valence electrons. The molecule has 1 radical (unpaired) electrons. The van der Waals surface area contributed by atoms with Crippen LogP contribution in [0, 0.1) is 0 Å². The average Bonchev–Trinajstić information content (AvgIpc) is 2.08. The number of aromatic amines is 1. The zero-order chi connectivity index (χ0) is 6.91. The van der Waals surface area contributed by atoms with Gasteiger partial charge in [0.1, 0.15) is 0 Å². The molecule has 0 aliphatic rings. The summed E-state index contributed by atoms with van der Waals surface area (Å²) in [6.07, 6.45) is 0. The van der Waals surface area contributed by atoms with Crippen LogP contribution < -0.4 is 10.3 Å². The average molecular weight is 312 g/mol. The summed E-state index contributed by atoms with van der Waals surface area (Å²) in [5.41, 5.74) is 0.00694. The summed E-state index contributed by atoms with van der Waals surface area (Å²) in [5.74, 6) is 0.752. The van der Waals surface area contributed by atoms with Crippen LogP contribution in [0.15, 0.2) is 0 Å². The third-order valence-corrected chi connectivity index (χ3v) is 1.02. The van der Waals surface area contributed by atoms with Crippen molar-refractivity contribution in [2.24, 2.45) is 0 Å². The van der Waals surface area contributed by atoms with Crippen LogP contribution in [0.2, 0.25) is 0 Å². The quantitative estimate of drug-likeness (QED) is 0.652. The van der Waals surface area contributed by atoms with Crippen LogP contribution in [-0.4, -0.2) is 10.3 Å². The molecule has 0 fully saturated rings. The number of hydrogen-bond acceptors (Lipinski definition) is 2. The molecule has 0 aliphatic carbocycles. The summed E-state index contributed by atoms with van der Waals surface area (Å²) in [4.78, 5) is 0. The fourth-order valence-corrected chi connectivity index (χ4v) is 0.480. The third kappa shape index (κ3) is 2.16. The Bertz CT molecular complexity index is 176. The van der Waals surface area contributed by atoms with Crippen molar-refractivity contribution in [1.82, 2.24) is 15.4 Å². The van der Waals surface area contributed by atoms with E-state index < -0.39 is 0 Å². The maximum atomic E-state index is 3.84. The van der Waals surface area contributed by atoms with Crippen molar-refractivity contribution in [3.05, 3.63) is 5.82 Å². The predicted molar refractivity (Wildman–Crippen MR) is 30.6 cm³/mol. The Kier molecular flexibility index (Phi) is 3.13. The van der Waals surface area contributed by atoms with Crippen LogP contribution in [0.3, 0.4) is 0 Å². The predicted octanol–water partition coefficient (Wildman–Crippen LogP) is -0.457. The summed E-state index contributed by atoms with van der Waals surface area (Å²) in [7, 11) is 0. The molecule has 0 saturated carbocycles. The standard InChI is InChI=1S/C5H10N4.Re/c1-5(2,3)4-6-8-9-7-4;/h1-3H3,(H-,6,7,8,9);. The third-order valence-electron chi connectivity index (χ3n) is 1.02. The second-order valence-corrected chi connectivity index (χ2v) is 2.99. The molecule has 5 heteroatoms. The Hall–Kier alpha value is -0.268. The summed E-state index contributed by atoms with van der Waals surface area (Å²) in [6, 6.07) is 0. The van der Waals surface area contributed by atoms with Crippen molar-refractivity contribution in [1.29, 1.82) is 0 Å².